The second kappa shape index (κ2) is 7.32. The first kappa shape index (κ1) is 19.5. The third-order valence-electron chi connectivity index (χ3n) is 5.18. The molecule has 1 saturated heterocycles. The monoisotopic (exact) mass is 441 g/mol. The van der Waals surface area contributed by atoms with Gasteiger partial charge in [-0.15, -0.1) is 10.2 Å². The number of rotatable bonds is 4. The number of nitrogens with one attached hydrogen (secondary N) is 1. The fourth-order valence-corrected chi connectivity index (χ4v) is 5.00. The van der Waals surface area contributed by atoms with Gasteiger partial charge in [0, 0.05) is 32.4 Å². The number of nitrogens with zero attached hydrogens (tertiary/aromatic N) is 6. The van der Waals surface area contributed by atoms with E-state index in [-0.39, 0.29) is 4.90 Å². The van der Waals surface area contributed by atoms with Crippen LogP contribution in [0.3, 0.4) is 0 Å². The van der Waals surface area contributed by atoms with Crippen LogP contribution in [0.1, 0.15) is 5.69 Å². The molecule has 0 saturated carbocycles. The summed E-state index contributed by atoms with van der Waals surface area (Å²) in [6, 6.07) is 9.92. The maximum atomic E-state index is 13.0. The van der Waals surface area contributed by atoms with Crippen LogP contribution in [0.2, 0.25) is 0 Å². The SMILES string of the molecule is Cc1ccn(-c2ccc(N3CCN(S(=O)(=O)c4ccc5oc(=O)[nH]c5c4)CC3)nn2)n1. The zero-order valence-electron chi connectivity index (χ0n) is 16.6. The maximum absolute atomic E-state index is 13.0. The van der Waals surface area contributed by atoms with Crippen molar-refractivity contribution in [1.29, 1.82) is 0 Å². The van der Waals surface area contributed by atoms with Gasteiger partial charge in [0.1, 0.15) is 0 Å². The van der Waals surface area contributed by atoms with Crippen molar-refractivity contribution in [3.8, 4) is 5.82 Å². The van der Waals surface area contributed by atoms with E-state index < -0.39 is 15.8 Å². The zero-order valence-corrected chi connectivity index (χ0v) is 17.4. The molecule has 0 unspecified atom stereocenters. The van der Waals surface area contributed by atoms with Crippen LogP contribution in [-0.4, -0.2) is 63.9 Å². The molecular formula is C19H19N7O4S. The number of oxazole rings is 1. The molecule has 31 heavy (non-hydrogen) atoms. The van der Waals surface area contributed by atoms with Crippen molar-refractivity contribution in [1.82, 2.24) is 29.3 Å². The zero-order chi connectivity index (χ0) is 21.6. The summed E-state index contributed by atoms with van der Waals surface area (Å²) < 4.78 is 34.1. The van der Waals surface area contributed by atoms with Gasteiger partial charge < -0.3 is 9.32 Å². The third-order valence-corrected chi connectivity index (χ3v) is 7.08. The number of hydrogen-bond acceptors (Lipinski definition) is 8. The number of aromatic amines is 1. The van der Waals surface area contributed by atoms with Crippen molar-refractivity contribution in [3.05, 3.63) is 58.8 Å². The molecular weight excluding hydrogens is 422 g/mol. The highest BCUT2D eigenvalue weighted by atomic mass is 32.2. The molecule has 5 rings (SSSR count). The summed E-state index contributed by atoms with van der Waals surface area (Å²) in [7, 11) is -3.69. The second-order valence-electron chi connectivity index (χ2n) is 7.22. The molecule has 1 fully saturated rings. The van der Waals surface area contributed by atoms with Gasteiger partial charge >= 0.3 is 5.76 Å². The van der Waals surface area contributed by atoms with Crippen molar-refractivity contribution in [2.45, 2.75) is 11.8 Å². The molecule has 0 spiro atoms. The molecule has 12 heteroatoms. The topological polar surface area (TPSA) is 130 Å². The van der Waals surface area contributed by atoms with E-state index in [0.29, 0.717) is 48.9 Å². The molecule has 0 atom stereocenters. The maximum Gasteiger partial charge on any atom is 0.417 e. The molecule has 1 aliphatic heterocycles. The Morgan fingerprint density at radius 2 is 1.74 bits per heavy atom. The van der Waals surface area contributed by atoms with Crippen molar-refractivity contribution >= 4 is 26.9 Å². The Hall–Kier alpha value is -3.51. The number of aryl methyl sites for hydroxylation is 1. The number of sulfonamides is 1. The quantitative estimate of drug-likeness (QED) is 0.495. The van der Waals surface area contributed by atoms with Crippen molar-refractivity contribution in [2.24, 2.45) is 0 Å². The van der Waals surface area contributed by atoms with Crippen LogP contribution in [0.15, 0.2) is 56.7 Å². The van der Waals surface area contributed by atoms with Crippen molar-refractivity contribution in [2.75, 3.05) is 31.1 Å². The van der Waals surface area contributed by atoms with Gasteiger partial charge in [-0.1, -0.05) is 0 Å². The third kappa shape index (κ3) is 3.59. The van der Waals surface area contributed by atoms with E-state index in [1.54, 1.807) is 4.68 Å². The Bertz CT molecular complexity index is 1400. The van der Waals surface area contributed by atoms with E-state index >= 15 is 0 Å². The fraction of sp³-hybridized carbons (Fsp3) is 0.263. The minimum atomic E-state index is -3.69. The number of hydrogen-bond donors (Lipinski definition) is 1. The molecule has 1 aliphatic rings. The average Bonchev–Trinajstić information content (AvgIpc) is 3.38. The Morgan fingerprint density at radius 3 is 2.42 bits per heavy atom. The minimum Gasteiger partial charge on any atom is -0.408 e. The molecule has 0 aliphatic carbocycles. The average molecular weight is 441 g/mol. The summed E-state index contributed by atoms with van der Waals surface area (Å²) in [5, 5.41) is 12.8. The molecule has 4 aromatic rings. The minimum absolute atomic E-state index is 0.115. The summed E-state index contributed by atoms with van der Waals surface area (Å²) >= 11 is 0. The number of piperazine rings is 1. The highest BCUT2D eigenvalue weighted by Crippen LogP contribution is 2.22. The molecule has 3 aromatic heterocycles. The highest BCUT2D eigenvalue weighted by molar-refractivity contribution is 7.89. The first-order valence-electron chi connectivity index (χ1n) is 9.64. The Labute approximate surface area is 177 Å². The van der Waals surface area contributed by atoms with Crippen molar-refractivity contribution in [3.63, 3.8) is 0 Å². The van der Waals surface area contributed by atoms with E-state index in [1.807, 2.05) is 36.2 Å². The number of H-pyrrole nitrogens is 1. The van der Waals surface area contributed by atoms with Gasteiger partial charge in [-0.3, -0.25) is 4.98 Å². The molecule has 0 radical (unpaired) electrons. The van der Waals surface area contributed by atoms with E-state index in [1.165, 1.54) is 22.5 Å². The van der Waals surface area contributed by atoms with E-state index in [2.05, 4.69) is 20.3 Å². The molecule has 1 aromatic carbocycles. The molecule has 0 bridgehead atoms. The summed E-state index contributed by atoms with van der Waals surface area (Å²) in [5.74, 6) is 0.681. The number of anilines is 1. The van der Waals surface area contributed by atoms with Gasteiger partial charge in [-0.25, -0.2) is 17.9 Å². The van der Waals surface area contributed by atoms with Crippen LogP contribution in [0.5, 0.6) is 0 Å². The molecule has 160 valence electrons. The lowest BCUT2D eigenvalue weighted by atomic mass is 10.3. The smallest absolute Gasteiger partial charge is 0.408 e. The summed E-state index contributed by atoms with van der Waals surface area (Å²) in [4.78, 5) is 15.9. The van der Waals surface area contributed by atoms with Crippen LogP contribution < -0.4 is 10.7 Å². The summed E-state index contributed by atoms with van der Waals surface area (Å²) in [5.41, 5.74) is 1.56. The van der Waals surface area contributed by atoms with Crippen LogP contribution in [0.25, 0.3) is 16.9 Å². The molecule has 1 N–H and O–H groups in total. The highest BCUT2D eigenvalue weighted by Gasteiger charge is 2.29. The fourth-order valence-electron chi connectivity index (χ4n) is 3.55. The van der Waals surface area contributed by atoms with Crippen molar-refractivity contribution < 1.29 is 12.8 Å². The predicted octanol–water partition coefficient (Wildman–Crippen LogP) is 0.916. The van der Waals surface area contributed by atoms with Gasteiger partial charge in [-0.05, 0) is 43.3 Å². The van der Waals surface area contributed by atoms with Gasteiger partial charge in [-0.2, -0.15) is 9.40 Å². The number of aromatic nitrogens is 5. The van der Waals surface area contributed by atoms with Crippen LogP contribution in [-0.2, 0) is 10.0 Å². The van der Waals surface area contributed by atoms with Crippen LogP contribution in [0, 0.1) is 6.92 Å². The molecule has 4 heterocycles. The standard InChI is InChI=1S/C19H19N7O4S/c1-13-6-7-26(23-13)18-5-4-17(21-22-18)24-8-10-25(11-9-24)31(28,29)14-2-3-16-15(12-14)20-19(27)30-16/h2-7,12H,8-11H2,1H3,(H,20,27). The van der Waals surface area contributed by atoms with Gasteiger partial charge in [0.05, 0.1) is 16.1 Å². The largest absolute Gasteiger partial charge is 0.417 e. The molecule has 11 nitrogen and oxygen atoms in total. The van der Waals surface area contributed by atoms with Crippen LogP contribution in [0.4, 0.5) is 5.82 Å². The summed E-state index contributed by atoms with van der Waals surface area (Å²) in [6.45, 7) is 3.49. The van der Waals surface area contributed by atoms with Gasteiger partial charge in [0.25, 0.3) is 0 Å². The van der Waals surface area contributed by atoms with E-state index in [4.69, 9.17) is 4.42 Å². The normalized spacial score (nSPS) is 15.6. The summed E-state index contributed by atoms with van der Waals surface area (Å²) in [6.07, 6.45) is 1.82. The number of benzene rings is 1. The van der Waals surface area contributed by atoms with E-state index in [0.717, 1.165) is 5.69 Å². The lowest BCUT2D eigenvalue weighted by molar-refractivity contribution is 0.383. The molecule has 0 amide bonds. The lowest BCUT2D eigenvalue weighted by Gasteiger charge is -2.34. The van der Waals surface area contributed by atoms with Crippen LogP contribution >= 0.6 is 0 Å². The number of fused-ring (bicyclic) bond motifs is 1. The first-order chi connectivity index (χ1) is 14.9. The van der Waals surface area contributed by atoms with E-state index in [9.17, 15) is 13.2 Å². The Morgan fingerprint density at radius 1 is 1.00 bits per heavy atom. The lowest BCUT2D eigenvalue weighted by Crippen LogP contribution is -2.49. The second-order valence-corrected chi connectivity index (χ2v) is 9.15. The Kier molecular flexibility index (Phi) is 4.59. The van der Waals surface area contributed by atoms with Gasteiger partial charge in [0.15, 0.2) is 17.2 Å². The Balaban J connectivity index is 1.29. The predicted molar refractivity (Wildman–Crippen MR) is 112 cm³/mol. The first-order valence-corrected chi connectivity index (χ1v) is 11.1. The van der Waals surface area contributed by atoms with Gasteiger partial charge in [0.2, 0.25) is 10.0 Å².